The van der Waals surface area contributed by atoms with Crippen LogP contribution in [-0.4, -0.2) is 72.1 Å². The van der Waals surface area contributed by atoms with Gasteiger partial charge in [-0.25, -0.2) is 9.97 Å². The van der Waals surface area contributed by atoms with Crippen molar-refractivity contribution in [3.63, 3.8) is 0 Å². The number of rotatable bonds is 6. The van der Waals surface area contributed by atoms with E-state index in [9.17, 15) is 4.79 Å². The van der Waals surface area contributed by atoms with Crippen molar-refractivity contribution in [2.45, 2.75) is 44.3 Å². The summed E-state index contributed by atoms with van der Waals surface area (Å²) in [5, 5.41) is 7.43. The molecule has 2 fully saturated rings. The number of hydrogen-bond donors (Lipinski definition) is 2. The van der Waals surface area contributed by atoms with Gasteiger partial charge < -0.3 is 25.3 Å². The normalized spacial score (nSPS) is 22.3. The van der Waals surface area contributed by atoms with E-state index in [2.05, 4.69) is 55.7 Å². The molecule has 2 aliphatic heterocycles. The second-order valence-corrected chi connectivity index (χ2v) is 10.2. The minimum atomic E-state index is -0.236. The second-order valence-electron chi connectivity index (χ2n) is 9.74. The molecule has 2 N–H and O–H groups in total. The lowest BCUT2D eigenvalue weighted by atomic mass is 9.96. The van der Waals surface area contributed by atoms with Gasteiger partial charge in [0.15, 0.2) is 11.6 Å². The summed E-state index contributed by atoms with van der Waals surface area (Å²) in [7, 11) is 2.04. The topological polar surface area (TPSA) is 76.6 Å². The first-order valence-corrected chi connectivity index (χ1v) is 12.3. The third kappa shape index (κ3) is 4.32. The standard InChI is InChI=1S/C25H32ClN7O/c1-15(2)27-12-19(17-5-7-18(26)8-6-17)25(34)33-10-9-32(20-11-21(20)33)24-22-23(28-14-29-24)30-16(3)13-31(22)4/h5-8,14-15,19-21,27H,3,9-13H2,1-2,4H3,(H,28,29,30)/t19-,20+,21-/m1/s1. The molecule has 3 atom stereocenters. The third-order valence-electron chi connectivity index (χ3n) is 6.87. The Hall–Kier alpha value is -2.84. The quantitative estimate of drug-likeness (QED) is 0.656. The van der Waals surface area contributed by atoms with E-state index in [1.807, 2.05) is 31.3 Å². The third-order valence-corrected chi connectivity index (χ3v) is 7.12. The summed E-state index contributed by atoms with van der Waals surface area (Å²) in [5.41, 5.74) is 2.92. The first kappa shape index (κ1) is 22.9. The van der Waals surface area contributed by atoms with Crippen LogP contribution in [0.5, 0.6) is 0 Å². The lowest BCUT2D eigenvalue weighted by molar-refractivity contribution is -0.133. The number of nitrogens with zero attached hydrogens (tertiary/aromatic N) is 5. The van der Waals surface area contributed by atoms with E-state index in [1.54, 1.807) is 6.33 Å². The molecule has 0 bridgehead atoms. The summed E-state index contributed by atoms with van der Waals surface area (Å²) < 4.78 is 0. The van der Waals surface area contributed by atoms with Gasteiger partial charge in [-0.1, -0.05) is 44.2 Å². The number of amides is 1. The number of aromatic nitrogens is 2. The maximum absolute atomic E-state index is 13.8. The van der Waals surface area contributed by atoms with Crippen LogP contribution in [0.3, 0.4) is 0 Å². The summed E-state index contributed by atoms with van der Waals surface area (Å²) in [6.45, 7) is 11.0. The Morgan fingerprint density at radius 3 is 2.74 bits per heavy atom. The van der Waals surface area contributed by atoms with Crippen LogP contribution in [0.2, 0.25) is 5.02 Å². The fraction of sp³-hybridized carbons (Fsp3) is 0.480. The van der Waals surface area contributed by atoms with Crippen molar-refractivity contribution in [1.82, 2.24) is 20.2 Å². The van der Waals surface area contributed by atoms with Crippen molar-refractivity contribution in [3.8, 4) is 0 Å². The molecule has 1 aromatic carbocycles. The average molecular weight is 482 g/mol. The molecule has 1 saturated carbocycles. The van der Waals surface area contributed by atoms with Gasteiger partial charge in [-0.15, -0.1) is 0 Å². The second kappa shape index (κ2) is 9.07. The smallest absolute Gasteiger partial charge is 0.231 e. The van der Waals surface area contributed by atoms with Gasteiger partial charge in [0.05, 0.1) is 24.5 Å². The minimum Gasteiger partial charge on any atom is -0.363 e. The number of halogens is 1. The fourth-order valence-electron chi connectivity index (χ4n) is 5.11. The van der Waals surface area contributed by atoms with Crippen LogP contribution in [0.15, 0.2) is 42.9 Å². The van der Waals surface area contributed by atoms with E-state index >= 15 is 0 Å². The van der Waals surface area contributed by atoms with E-state index in [1.165, 1.54) is 0 Å². The number of likely N-dealkylation sites (N-methyl/N-ethyl adjacent to an activating group) is 1. The van der Waals surface area contributed by atoms with Crippen LogP contribution >= 0.6 is 11.6 Å². The van der Waals surface area contributed by atoms with Crippen molar-refractivity contribution >= 4 is 34.8 Å². The zero-order chi connectivity index (χ0) is 24.0. The van der Waals surface area contributed by atoms with Gasteiger partial charge in [-0.2, -0.15) is 0 Å². The summed E-state index contributed by atoms with van der Waals surface area (Å²) >= 11 is 6.11. The molecule has 9 heteroatoms. The highest BCUT2D eigenvalue weighted by Crippen LogP contribution is 2.45. The lowest BCUT2D eigenvalue weighted by Gasteiger charge is -2.39. The van der Waals surface area contributed by atoms with Crippen LogP contribution in [-0.2, 0) is 4.79 Å². The Balaban J connectivity index is 1.35. The molecule has 1 amide bonds. The molecular weight excluding hydrogens is 450 g/mol. The van der Waals surface area contributed by atoms with Crippen molar-refractivity contribution in [2.24, 2.45) is 0 Å². The molecule has 34 heavy (non-hydrogen) atoms. The molecule has 1 aromatic heterocycles. The van der Waals surface area contributed by atoms with Crippen molar-refractivity contribution < 1.29 is 4.79 Å². The molecule has 1 aliphatic carbocycles. The van der Waals surface area contributed by atoms with E-state index < -0.39 is 0 Å². The van der Waals surface area contributed by atoms with Crippen LogP contribution in [0.4, 0.5) is 17.3 Å². The minimum absolute atomic E-state index is 0.183. The Kier molecular flexibility index (Phi) is 6.12. The molecule has 8 nitrogen and oxygen atoms in total. The zero-order valence-electron chi connectivity index (χ0n) is 20.0. The van der Waals surface area contributed by atoms with Gasteiger partial charge in [0, 0.05) is 43.4 Å². The van der Waals surface area contributed by atoms with Gasteiger partial charge in [0.1, 0.15) is 12.0 Å². The summed E-state index contributed by atoms with van der Waals surface area (Å²) in [4.78, 5) is 29.4. The molecule has 3 aliphatic rings. The molecule has 3 heterocycles. The molecule has 0 radical (unpaired) electrons. The van der Waals surface area contributed by atoms with Crippen molar-refractivity contribution in [3.05, 3.63) is 53.5 Å². The van der Waals surface area contributed by atoms with Gasteiger partial charge in [-0.05, 0) is 24.1 Å². The number of carbonyl (C=O) groups excluding carboxylic acids is 1. The lowest BCUT2D eigenvalue weighted by Crippen LogP contribution is -2.51. The average Bonchev–Trinajstić information content (AvgIpc) is 3.60. The molecule has 0 spiro atoms. The van der Waals surface area contributed by atoms with E-state index in [0.717, 1.165) is 41.5 Å². The maximum Gasteiger partial charge on any atom is 0.231 e. The van der Waals surface area contributed by atoms with Crippen molar-refractivity contribution in [1.29, 1.82) is 0 Å². The summed E-state index contributed by atoms with van der Waals surface area (Å²) in [6.07, 6.45) is 2.57. The SMILES string of the molecule is C=C1CN(C)c2c(ncnc2N2CCN(C(=O)[C@H](CNC(C)C)c3ccc(Cl)cc3)[C@@H]3C[C@@H]32)N1. The largest absolute Gasteiger partial charge is 0.363 e. The molecule has 180 valence electrons. The van der Waals surface area contributed by atoms with Crippen LogP contribution in [0.25, 0.3) is 0 Å². The van der Waals surface area contributed by atoms with Crippen LogP contribution < -0.4 is 20.4 Å². The summed E-state index contributed by atoms with van der Waals surface area (Å²) in [6, 6.07) is 8.45. The molecule has 0 unspecified atom stereocenters. The molecule has 1 saturated heterocycles. The zero-order valence-corrected chi connectivity index (χ0v) is 20.7. The number of hydrogen-bond acceptors (Lipinski definition) is 7. The number of benzene rings is 1. The Labute approximate surface area is 206 Å². The number of piperazine rings is 1. The fourth-order valence-corrected chi connectivity index (χ4v) is 5.24. The Morgan fingerprint density at radius 1 is 1.24 bits per heavy atom. The van der Waals surface area contributed by atoms with E-state index in [-0.39, 0.29) is 23.9 Å². The van der Waals surface area contributed by atoms with Crippen molar-refractivity contribution in [2.75, 3.05) is 48.3 Å². The first-order chi connectivity index (χ1) is 16.3. The Morgan fingerprint density at radius 2 is 2.00 bits per heavy atom. The molecule has 2 aromatic rings. The Bertz CT molecular complexity index is 1090. The first-order valence-electron chi connectivity index (χ1n) is 11.9. The van der Waals surface area contributed by atoms with Crippen LogP contribution in [0, 0.1) is 0 Å². The number of nitrogens with one attached hydrogen (secondary N) is 2. The van der Waals surface area contributed by atoms with E-state index in [4.69, 9.17) is 11.6 Å². The van der Waals surface area contributed by atoms with Gasteiger partial charge in [0.2, 0.25) is 5.91 Å². The van der Waals surface area contributed by atoms with Gasteiger partial charge in [-0.3, -0.25) is 4.79 Å². The molecular formula is C25H32ClN7O. The predicted molar refractivity (Wildman–Crippen MR) is 137 cm³/mol. The predicted octanol–water partition coefficient (Wildman–Crippen LogP) is 3.08. The number of fused-ring (bicyclic) bond motifs is 2. The monoisotopic (exact) mass is 481 g/mol. The highest BCUT2D eigenvalue weighted by atomic mass is 35.5. The highest BCUT2D eigenvalue weighted by molar-refractivity contribution is 6.30. The maximum atomic E-state index is 13.8. The highest BCUT2D eigenvalue weighted by Gasteiger charge is 2.52. The van der Waals surface area contributed by atoms with Gasteiger partial charge in [0.25, 0.3) is 0 Å². The number of carbonyl (C=O) groups is 1. The van der Waals surface area contributed by atoms with Gasteiger partial charge >= 0.3 is 0 Å². The summed E-state index contributed by atoms with van der Waals surface area (Å²) in [5.74, 6) is 1.67. The molecule has 5 rings (SSSR count). The number of anilines is 3. The van der Waals surface area contributed by atoms with E-state index in [0.29, 0.717) is 30.7 Å². The van der Waals surface area contributed by atoms with Crippen LogP contribution in [0.1, 0.15) is 31.7 Å².